The highest BCUT2D eigenvalue weighted by molar-refractivity contribution is 5.58. The first-order valence-electron chi connectivity index (χ1n) is 8.28. The highest BCUT2D eigenvalue weighted by Gasteiger charge is 2.27. The fourth-order valence-electron chi connectivity index (χ4n) is 3.07. The predicted molar refractivity (Wildman–Crippen MR) is 86.7 cm³/mol. The van der Waals surface area contributed by atoms with E-state index in [0.717, 1.165) is 29.8 Å². The lowest BCUT2D eigenvalue weighted by Gasteiger charge is -2.13. The number of nitrogens with one attached hydrogen (secondary N) is 1. The molecule has 1 aliphatic rings. The number of aromatic nitrogens is 3. The molecule has 24 heavy (non-hydrogen) atoms. The van der Waals surface area contributed by atoms with E-state index in [0.29, 0.717) is 6.04 Å². The Labute approximate surface area is 139 Å². The van der Waals surface area contributed by atoms with E-state index in [1.165, 1.54) is 12.8 Å². The van der Waals surface area contributed by atoms with Crippen molar-refractivity contribution in [2.45, 2.75) is 44.2 Å². The van der Waals surface area contributed by atoms with Crippen molar-refractivity contribution in [3.8, 4) is 11.4 Å². The molecule has 130 valence electrons. The molecule has 0 aromatic carbocycles. The fraction of sp³-hybridized carbons (Fsp3) is 0.529. The quantitative estimate of drug-likeness (QED) is 0.816. The number of aliphatic hydroxyl groups is 1. The number of aliphatic hydroxyl groups excluding tert-OH is 1. The van der Waals surface area contributed by atoms with Gasteiger partial charge in [0.2, 0.25) is 0 Å². The minimum atomic E-state index is -3.12. The lowest BCUT2D eigenvalue weighted by atomic mass is 10.2. The van der Waals surface area contributed by atoms with Gasteiger partial charge in [-0.25, -0.2) is 8.78 Å². The Morgan fingerprint density at radius 3 is 2.75 bits per heavy atom. The molecule has 0 saturated heterocycles. The topological polar surface area (TPSA) is 63.0 Å². The van der Waals surface area contributed by atoms with E-state index in [-0.39, 0.29) is 6.54 Å². The Kier molecular flexibility index (Phi) is 5.20. The van der Waals surface area contributed by atoms with E-state index in [1.54, 1.807) is 6.20 Å². The maximum absolute atomic E-state index is 13.2. The summed E-state index contributed by atoms with van der Waals surface area (Å²) in [5.74, 6) is -3.12. The molecule has 2 aromatic rings. The molecule has 0 amide bonds. The summed E-state index contributed by atoms with van der Waals surface area (Å²) in [5.41, 5.74) is 2.30. The summed E-state index contributed by atoms with van der Waals surface area (Å²) in [5, 5.41) is 16.0. The zero-order valence-corrected chi connectivity index (χ0v) is 13.5. The van der Waals surface area contributed by atoms with Crippen LogP contribution in [0.2, 0.25) is 0 Å². The monoisotopic (exact) mass is 336 g/mol. The van der Waals surface area contributed by atoms with Crippen LogP contribution in [0.1, 0.15) is 37.3 Å². The van der Waals surface area contributed by atoms with Crippen molar-refractivity contribution in [3.05, 3.63) is 36.2 Å². The highest BCUT2D eigenvalue weighted by atomic mass is 19.3. The van der Waals surface area contributed by atoms with E-state index < -0.39 is 19.1 Å². The van der Waals surface area contributed by atoms with Gasteiger partial charge in [0, 0.05) is 24.5 Å². The third kappa shape index (κ3) is 3.96. The molecular weight excluding hydrogens is 314 g/mol. The zero-order chi connectivity index (χ0) is 17.0. The van der Waals surface area contributed by atoms with Crippen LogP contribution >= 0.6 is 0 Å². The van der Waals surface area contributed by atoms with Crippen molar-refractivity contribution in [1.82, 2.24) is 20.1 Å². The first-order valence-corrected chi connectivity index (χ1v) is 8.28. The summed E-state index contributed by atoms with van der Waals surface area (Å²) >= 11 is 0. The summed E-state index contributed by atoms with van der Waals surface area (Å²) in [6.45, 7) is -1.47. The summed E-state index contributed by atoms with van der Waals surface area (Å²) < 4.78 is 28.3. The van der Waals surface area contributed by atoms with Crippen LogP contribution in [0.4, 0.5) is 8.78 Å². The average molecular weight is 336 g/mol. The van der Waals surface area contributed by atoms with E-state index >= 15 is 0 Å². The van der Waals surface area contributed by atoms with Crippen LogP contribution in [0.25, 0.3) is 11.4 Å². The lowest BCUT2D eigenvalue weighted by Crippen LogP contribution is -2.35. The molecule has 1 aliphatic carbocycles. The molecule has 1 fully saturated rings. The van der Waals surface area contributed by atoms with Gasteiger partial charge in [0.15, 0.2) is 0 Å². The van der Waals surface area contributed by atoms with Crippen LogP contribution in [-0.2, 0) is 6.54 Å². The molecule has 3 rings (SSSR count). The number of rotatable bonds is 7. The molecule has 0 spiro atoms. The molecule has 2 N–H and O–H groups in total. The van der Waals surface area contributed by atoms with Gasteiger partial charge in [-0.1, -0.05) is 18.9 Å². The Bertz CT molecular complexity index is 654. The van der Waals surface area contributed by atoms with Gasteiger partial charge in [-0.2, -0.15) is 5.10 Å². The Hall–Kier alpha value is -1.86. The Morgan fingerprint density at radius 2 is 2.08 bits per heavy atom. The molecule has 2 heterocycles. The van der Waals surface area contributed by atoms with E-state index in [4.69, 9.17) is 5.11 Å². The first kappa shape index (κ1) is 17.0. The summed E-state index contributed by atoms with van der Waals surface area (Å²) in [6, 6.07) is 5.96. The van der Waals surface area contributed by atoms with Crippen LogP contribution in [0.5, 0.6) is 0 Å². The highest BCUT2D eigenvalue weighted by Crippen LogP contribution is 2.31. The smallest absolute Gasteiger partial charge is 0.282 e. The number of pyridine rings is 1. The molecule has 0 bridgehead atoms. The van der Waals surface area contributed by atoms with E-state index in [2.05, 4.69) is 15.4 Å². The van der Waals surface area contributed by atoms with Gasteiger partial charge in [-0.15, -0.1) is 0 Å². The van der Waals surface area contributed by atoms with Crippen molar-refractivity contribution in [2.24, 2.45) is 0 Å². The molecule has 0 aliphatic heterocycles. The van der Waals surface area contributed by atoms with Gasteiger partial charge in [0.05, 0.1) is 18.3 Å². The number of hydrogen-bond acceptors (Lipinski definition) is 4. The minimum absolute atomic E-state index is 0.258. The van der Waals surface area contributed by atoms with Crippen LogP contribution in [0, 0.1) is 0 Å². The van der Waals surface area contributed by atoms with Gasteiger partial charge < -0.3 is 10.4 Å². The molecule has 1 saturated carbocycles. The molecule has 0 atom stereocenters. The maximum atomic E-state index is 13.2. The van der Waals surface area contributed by atoms with E-state index in [9.17, 15) is 8.78 Å². The van der Waals surface area contributed by atoms with Gasteiger partial charge in [-0.05, 0) is 25.0 Å². The van der Waals surface area contributed by atoms with Crippen LogP contribution in [-0.4, -0.2) is 38.9 Å². The Balaban J connectivity index is 1.80. The SMILES string of the molecule is OCC(F)(F)CNCc1cn(C2CCCC2)nc1-c1ccccn1. The lowest BCUT2D eigenvalue weighted by molar-refractivity contribution is -0.0477. The Morgan fingerprint density at radius 1 is 1.29 bits per heavy atom. The van der Waals surface area contributed by atoms with Crippen molar-refractivity contribution in [2.75, 3.05) is 13.2 Å². The van der Waals surface area contributed by atoms with Gasteiger partial charge in [0.25, 0.3) is 5.92 Å². The predicted octanol–water partition coefficient (Wildman–Crippen LogP) is 2.78. The summed E-state index contributed by atoms with van der Waals surface area (Å²) in [7, 11) is 0. The zero-order valence-electron chi connectivity index (χ0n) is 13.5. The van der Waals surface area contributed by atoms with Gasteiger partial charge in [0.1, 0.15) is 12.3 Å². The second-order valence-electron chi connectivity index (χ2n) is 6.25. The summed E-state index contributed by atoms with van der Waals surface area (Å²) in [4.78, 5) is 4.33. The third-order valence-corrected chi connectivity index (χ3v) is 4.34. The average Bonchev–Trinajstić information content (AvgIpc) is 3.25. The number of hydrogen-bond donors (Lipinski definition) is 2. The second-order valence-corrected chi connectivity index (χ2v) is 6.25. The van der Waals surface area contributed by atoms with E-state index in [1.807, 2.05) is 29.1 Å². The maximum Gasteiger partial charge on any atom is 0.282 e. The van der Waals surface area contributed by atoms with Crippen LogP contribution in [0.15, 0.2) is 30.6 Å². The van der Waals surface area contributed by atoms with Crippen molar-refractivity contribution in [3.63, 3.8) is 0 Å². The minimum Gasteiger partial charge on any atom is -0.390 e. The standard InChI is InChI=1S/C17H22F2N4O/c18-17(19,12-24)11-20-9-13-10-23(14-5-1-2-6-14)22-16(13)15-7-3-4-8-21-15/h3-4,7-8,10,14,20,24H,1-2,5-6,9,11-12H2. The number of halogens is 2. The molecular formula is C17H22F2N4O. The first-order chi connectivity index (χ1) is 11.6. The molecule has 5 nitrogen and oxygen atoms in total. The third-order valence-electron chi connectivity index (χ3n) is 4.34. The second kappa shape index (κ2) is 7.36. The largest absolute Gasteiger partial charge is 0.390 e. The van der Waals surface area contributed by atoms with Gasteiger partial charge >= 0.3 is 0 Å². The molecule has 2 aromatic heterocycles. The number of nitrogens with zero attached hydrogens (tertiary/aromatic N) is 3. The number of alkyl halides is 2. The fourth-order valence-corrected chi connectivity index (χ4v) is 3.07. The summed E-state index contributed by atoms with van der Waals surface area (Å²) in [6.07, 6.45) is 8.21. The molecule has 0 radical (unpaired) electrons. The van der Waals surface area contributed by atoms with Crippen molar-refractivity contribution in [1.29, 1.82) is 0 Å². The normalized spacial score (nSPS) is 16.0. The van der Waals surface area contributed by atoms with Crippen LogP contribution in [0.3, 0.4) is 0 Å². The van der Waals surface area contributed by atoms with Crippen LogP contribution < -0.4 is 5.32 Å². The van der Waals surface area contributed by atoms with Crippen molar-refractivity contribution < 1.29 is 13.9 Å². The molecule has 0 unspecified atom stereocenters. The van der Waals surface area contributed by atoms with Crippen molar-refractivity contribution >= 4 is 0 Å². The van der Waals surface area contributed by atoms with Gasteiger partial charge in [-0.3, -0.25) is 9.67 Å². The molecule has 7 heteroatoms.